The first-order valence-electron chi connectivity index (χ1n) is 8.94. The number of aryl methyl sites for hydroxylation is 1. The summed E-state index contributed by atoms with van der Waals surface area (Å²) in [5.74, 6) is 0.0601. The Morgan fingerprint density at radius 1 is 1.16 bits per heavy atom. The maximum Gasteiger partial charge on any atom is 0.434 e. The van der Waals surface area contributed by atoms with E-state index in [0.717, 1.165) is 6.20 Å². The number of halogens is 4. The normalized spacial score (nSPS) is 11.5. The number of carbonyl (C=O) groups is 1. The number of hydrogen-bond acceptors (Lipinski definition) is 4. The first kappa shape index (κ1) is 20.6. The highest BCUT2D eigenvalue weighted by atomic mass is 35.5. The Hall–Kier alpha value is -3.66. The Morgan fingerprint density at radius 2 is 1.90 bits per heavy atom. The molecular weight excluding hydrogens is 433 g/mol. The lowest BCUT2D eigenvalue weighted by Crippen LogP contribution is -2.20. The molecule has 158 valence electrons. The summed E-state index contributed by atoms with van der Waals surface area (Å²) in [5, 5.41) is 13.4. The van der Waals surface area contributed by atoms with Crippen LogP contribution in [0.3, 0.4) is 0 Å². The number of carbonyl (C=O) groups excluding carboxylic acids is 1. The number of nitrogens with one attached hydrogen (secondary N) is 2. The molecule has 4 rings (SSSR count). The Kier molecular flexibility index (Phi) is 5.24. The average Bonchev–Trinajstić information content (AvgIpc) is 3.35. The number of hydrogen-bond donors (Lipinski definition) is 2. The SMILES string of the molecule is Cc1nc(-c2cccc(NC(=O)c3cnn(-c4ccc(Cl)cc4)c3C(F)(F)F)c2)n[nH]1. The van der Waals surface area contributed by atoms with Crippen molar-refractivity contribution in [3.8, 4) is 17.1 Å². The highest BCUT2D eigenvalue weighted by Crippen LogP contribution is 2.34. The van der Waals surface area contributed by atoms with Crippen LogP contribution >= 0.6 is 11.6 Å². The van der Waals surface area contributed by atoms with Crippen molar-refractivity contribution in [3.05, 3.63) is 76.8 Å². The summed E-state index contributed by atoms with van der Waals surface area (Å²) in [7, 11) is 0. The lowest BCUT2D eigenvalue weighted by Gasteiger charge is -2.13. The summed E-state index contributed by atoms with van der Waals surface area (Å²) in [6.07, 6.45) is -3.93. The second kappa shape index (κ2) is 7.88. The molecule has 2 aromatic heterocycles. The van der Waals surface area contributed by atoms with Crippen molar-refractivity contribution in [2.24, 2.45) is 0 Å². The number of aromatic amines is 1. The molecule has 2 heterocycles. The number of alkyl halides is 3. The Labute approximate surface area is 178 Å². The van der Waals surface area contributed by atoms with Gasteiger partial charge in [-0.25, -0.2) is 9.67 Å². The van der Waals surface area contributed by atoms with Crippen molar-refractivity contribution < 1.29 is 18.0 Å². The van der Waals surface area contributed by atoms with Crippen LogP contribution < -0.4 is 5.32 Å². The number of rotatable bonds is 4. The Morgan fingerprint density at radius 3 is 2.55 bits per heavy atom. The molecule has 31 heavy (non-hydrogen) atoms. The number of amides is 1. The van der Waals surface area contributed by atoms with E-state index in [2.05, 4.69) is 25.6 Å². The zero-order chi connectivity index (χ0) is 22.2. The molecule has 0 radical (unpaired) electrons. The highest BCUT2D eigenvalue weighted by molar-refractivity contribution is 6.30. The first-order chi connectivity index (χ1) is 14.7. The molecule has 0 fully saturated rings. The third-order valence-corrected chi connectivity index (χ3v) is 4.58. The topological polar surface area (TPSA) is 88.5 Å². The molecule has 2 N–H and O–H groups in total. The van der Waals surface area contributed by atoms with Crippen molar-refractivity contribution in [1.29, 1.82) is 0 Å². The molecule has 1 amide bonds. The number of nitrogens with zero attached hydrogens (tertiary/aromatic N) is 4. The fourth-order valence-electron chi connectivity index (χ4n) is 2.97. The Bertz CT molecular complexity index is 1250. The molecular formula is C20H14ClF3N6O. The third-order valence-electron chi connectivity index (χ3n) is 4.33. The maximum atomic E-state index is 13.8. The van der Waals surface area contributed by atoms with Crippen LogP contribution in [0.4, 0.5) is 18.9 Å². The van der Waals surface area contributed by atoms with Crippen molar-refractivity contribution in [1.82, 2.24) is 25.0 Å². The predicted octanol–water partition coefficient (Wildman–Crippen LogP) is 4.89. The first-order valence-corrected chi connectivity index (χ1v) is 9.32. The molecule has 4 aromatic rings. The lowest BCUT2D eigenvalue weighted by molar-refractivity contribution is -0.143. The van der Waals surface area contributed by atoms with Gasteiger partial charge in [0.15, 0.2) is 11.5 Å². The minimum absolute atomic E-state index is 0.123. The molecule has 0 aliphatic rings. The maximum absolute atomic E-state index is 13.8. The van der Waals surface area contributed by atoms with E-state index in [-0.39, 0.29) is 11.4 Å². The van der Waals surface area contributed by atoms with Gasteiger partial charge >= 0.3 is 6.18 Å². The second-order valence-corrected chi connectivity index (χ2v) is 7.01. The van der Waals surface area contributed by atoms with E-state index in [1.807, 2.05) is 0 Å². The largest absolute Gasteiger partial charge is 0.434 e. The molecule has 2 aromatic carbocycles. The zero-order valence-electron chi connectivity index (χ0n) is 15.9. The molecule has 0 unspecified atom stereocenters. The van der Waals surface area contributed by atoms with Gasteiger partial charge in [0, 0.05) is 16.3 Å². The second-order valence-electron chi connectivity index (χ2n) is 6.57. The fraction of sp³-hybridized carbons (Fsp3) is 0.100. The van der Waals surface area contributed by atoms with Crippen molar-refractivity contribution in [2.75, 3.05) is 5.32 Å². The molecule has 0 aliphatic carbocycles. The summed E-state index contributed by atoms with van der Waals surface area (Å²) >= 11 is 5.81. The molecule has 0 saturated heterocycles. The van der Waals surface area contributed by atoms with Crippen LogP contribution in [0.2, 0.25) is 5.02 Å². The molecule has 0 bridgehead atoms. The number of benzene rings is 2. The number of aromatic nitrogens is 5. The third kappa shape index (κ3) is 4.29. The van der Waals surface area contributed by atoms with Crippen LogP contribution in [0.1, 0.15) is 21.9 Å². The fourth-order valence-corrected chi connectivity index (χ4v) is 3.10. The van der Waals surface area contributed by atoms with E-state index in [0.29, 0.717) is 26.9 Å². The van der Waals surface area contributed by atoms with E-state index in [1.165, 1.54) is 24.3 Å². The number of H-pyrrole nitrogens is 1. The van der Waals surface area contributed by atoms with Gasteiger partial charge in [0.25, 0.3) is 5.91 Å². The minimum Gasteiger partial charge on any atom is -0.322 e. The van der Waals surface area contributed by atoms with Gasteiger partial charge in [-0.1, -0.05) is 23.7 Å². The van der Waals surface area contributed by atoms with Gasteiger partial charge in [-0.2, -0.15) is 23.4 Å². The summed E-state index contributed by atoms with van der Waals surface area (Å²) in [6.45, 7) is 1.74. The summed E-state index contributed by atoms with van der Waals surface area (Å²) in [5.41, 5.74) is -0.792. The molecule has 7 nitrogen and oxygen atoms in total. The van der Waals surface area contributed by atoms with Crippen molar-refractivity contribution >= 4 is 23.2 Å². The van der Waals surface area contributed by atoms with Gasteiger partial charge in [-0.3, -0.25) is 9.89 Å². The standard InChI is InChI=1S/C20H14ClF3N6O/c1-11-26-18(29-28-11)12-3-2-4-14(9-12)27-19(31)16-10-25-30(17(16)20(22,23)24)15-7-5-13(21)6-8-15/h2-10H,1H3,(H,27,31)(H,26,28,29). The van der Waals surface area contributed by atoms with Crippen molar-refractivity contribution in [2.45, 2.75) is 13.1 Å². The molecule has 0 saturated carbocycles. The summed E-state index contributed by atoms with van der Waals surface area (Å²) < 4.78 is 42.1. The smallest absolute Gasteiger partial charge is 0.322 e. The van der Waals surface area contributed by atoms with Crippen LogP contribution in [-0.2, 0) is 6.18 Å². The van der Waals surface area contributed by atoms with Gasteiger partial charge in [0.1, 0.15) is 5.82 Å². The van der Waals surface area contributed by atoms with Gasteiger partial charge in [-0.05, 0) is 43.3 Å². The summed E-state index contributed by atoms with van der Waals surface area (Å²) in [4.78, 5) is 16.9. The van der Waals surface area contributed by atoms with Gasteiger partial charge < -0.3 is 5.32 Å². The Balaban J connectivity index is 1.67. The lowest BCUT2D eigenvalue weighted by atomic mass is 10.1. The van der Waals surface area contributed by atoms with Crippen molar-refractivity contribution in [3.63, 3.8) is 0 Å². The minimum atomic E-state index is -4.82. The molecule has 0 spiro atoms. The van der Waals surface area contributed by atoms with Gasteiger partial charge in [-0.15, -0.1) is 0 Å². The van der Waals surface area contributed by atoms with Crippen LogP contribution in [0.15, 0.2) is 54.7 Å². The van der Waals surface area contributed by atoms with Crippen LogP contribution in [0.25, 0.3) is 17.1 Å². The van der Waals surface area contributed by atoms with Crippen LogP contribution in [-0.4, -0.2) is 30.9 Å². The van der Waals surface area contributed by atoms with Crippen LogP contribution in [0, 0.1) is 6.92 Å². The van der Waals surface area contributed by atoms with E-state index >= 15 is 0 Å². The van der Waals surface area contributed by atoms with E-state index in [4.69, 9.17) is 11.6 Å². The molecule has 0 aliphatic heterocycles. The van der Waals surface area contributed by atoms with Crippen LogP contribution in [0.5, 0.6) is 0 Å². The van der Waals surface area contributed by atoms with Gasteiger partial charge in [0.2, 0.25) is 0 Å². The quantitative estimate of drug-likeness (QED) is 0.467. The highest BCUT2D eigenvalue weighted by Gasteiger charge is 2.40. The van der Waals surface area contributed by atoms with Gasteiger partial charge in [0.05, 0.1) is 17.4 Å². The van der Waals surface area contributed by atoms with E-state index in [1.54, 1.807) is 31.2 Å². The molecule has 11 heteroatoms. The zero-order valence-corrected chi connectivity index (χ0v) is 16.7. The average molecular weight is 447 g/mol. The van der Waals surface area contributed by atoms with E-state index in [9.17, 15) is 18.0 Å². The summed E-state index contributed by atoms with van der Waals surface area (Å²) in [6, 6.07) is 12.1. The number of anilines is 1. The monoisotopic (exact) mass is 446 g/mol. The molecule has 0 atom stereocenters. The van der Waals surface area contributed by atoms with E-state index < -0.39 is 23.3 Å². The predicted molar refractivity (Wildman–Crippen MR) is 108 cm³/mol.